The molecule has 0 bridgehead atoms. The summed E-state index contributed by atoms with van der Waals surface area (Å²) in [5, 5.41) is 10.3. The number of ether oxygens (including phenoxy) is 1. The summed E-state index contributed by atoms with van der Waals surface area (Å²) in [4.78, 5) is 4.85. The van der Waals surface area contributed by atoms with Crippen molar-refractivity contribution < 1.29 is 4.74 Å². The van der Waals surface area contributed by atoms with Gasteiger partial charge in [0.25, 0.3) is 0 Å². The van der Waals surface area contributed by atoms with Crippen LogP contribution in [0.25, 0.3) is 11.3 Å². The molecule has 1 heterocycles. The molecule has 4 aromatic rings. The lowest BCUT2D eigenvalue weighted by Gasteiger charge is -2.17. The summed E-state index contributed by atoms with van der Waals surface area (Å²) >= 11 is 7.58. The van der Waals surface area contributed by atoms with Crippen molar-refractivity contribution >= 4 is 39.5 Å². The number of benzene rings is 3. The lowest BCUT2D eigenvalue weighted by atomic mass is 10.1. The van der Waals surface area contributed by atoms with Gasteiger partial charge in [-0.05, 0) is 61.0 Å². The van der Waals surface area contributed by atoms with Crippen LogP contribution in [-0.2, 0) is 0 Å². The van der Waals surface area contributed by atoms with Crippen molar-refractivity contribution in [2.24, 2.45) is 5.10 Å². The Hall–Kier alpha value is -3.15. The molecule has 0 unspecified atom stereocenters. The van der Waals surface area contributed by atoms with Crippen LogP contribution in [-0.4, -0.2) is 17.8 Å². The summed E-state index contributed by atoms with van der Waals surface area (Å²) in [6.45, 7) is 1.98. The van der Waals surface area contributed by atoms with Crippen LogP contribution in [0.1, 0.15) is 12.5 Å². The average molecular weight is 434 g/mol. The van der Waals surface area contributed by atoms with E-state index in [1.54, 1.807) is 18.4 Å². The first kappa shape index (κ1) is 20.1. The third kappa shape index (κ3) is 4.53. The zero-order chi connectivity index (χ0) is 20.9. The summed E-state index contributed by atoms with van der Waals surface area (Å²) in [5.41, 5.74) is 4.76. The molecule has 0 aliphatic rings. The lowest BCUT2D eigenvalue weighted by molar-refractivity contribution is 0.415. The molecule has 30 heavy (non-hydrogen) atoms. The first-order valence-corrected chi connectivity index (χ1v) is 10.7. The van der Waals surface area contributed by atoms with Crippen LogP contribution in [0.5, 0.6) is 5.75 Å². The van der Waals surface area contributed by atoms with Gasteiger partial charge in [-0.25, -0.2) is 9.99 Å². The number of methoxy groups -OCH3 is 1. The van der Waals surface area contributed by atoms with Gasteiger partial charge in [0.1, 0.15) is 5.75 Å². The Morgan fingerprint density at radius 1 is 0.967 bits per heavy atom. The van der Waals surface area contributed by atoms with Crippen molar-refractivity contribution in [1.29, 1.82) is 0 Å². The minimum atomic E-state index is 0.704. The summed E-state index contributed by atoms with van der Waals surface area (Å²) < 4.78 is 5.25. The first-order valence-electron chi connectivity index (χ1n) is 9.40. The summed E-state index contributed by atoms with van der Waals surface area (Å²) in [7, 11) is 1.66. The monoisotopic (exact) mass is 433 g/mol. The molecule has 4 nitrogen and oxygen atoms in total. The van der Waals surface area contributed by atoms with Gasteiger partial charge in [-0.3, -0.25) is 0 Å². The molecule has 0 spiro atoms. The molecule has 0 N–H and O–H groups in total. The summed E-state index contributed by atoms with van der Waals surface area (Å²) in [5.74, 6) is 0.823. The molecule has 150 valence electrons. The second-order valence-corrected chi connectivity index (χ2v) is 7.86. The smallest absolute Gasteiger partial charge is 0.211 e. The maximum absolute atomic E-state index is 6.03. The van der Waals surface area contributed by atoms with Gasteiger partial charge in [0, 0.05) is 16.0 Å². The van der Waals surface area contributed by atoms with Gasteiger partial charge >= 0.3 is 0 Å². The van der Waals surface area contributed by atoms with Crippen LogP contribution in [0.2, 0.25) is 5.02 Å². The van der Waals surface area contributed by atoms with E-state index in [-0.39, 0.29) is 0 Å². The number of anilines is 2. The van der Waals surface area contributed by atoms with Crippen molar-refractivity contribution in [3.8, 4) is 17.0 Å². The number of aromatic nitrogens is 1. The van der Waals surface area contributed by atoms with Crippen molar-refractivity contribution in [1.82, 2.24) is 4.98 Å². The molecular weight excluding hydrogens is 414 g/mol. The predicted molar refractivity (Wildman–Crippen MR) is 126 cm³/mol. The van der Waals surface area contributed by atoms with E-state index in [1.807, 2.05) is 96.2 Å². The molecule has 4 rings (SSSR count). The van der Waals surface area contributed by atoms with E-state index >= 15 is 0 Å². The maximum Gasteiger partial charge on any atom is 0.211 e. The molecule has 6 heteroatoms. The third-order valence-corrected chi connectivity index (χ3v) is 5.64. The molecule has 0 aliphatic heterocycles. The number of para-hydroxylation sites is 1. The molecule has 3 aromatic carbocycles. The van der Waals surface area contributed by atoms with Gasteiger partial charge in [-0.1, -0.05) is 41.9 Å². The van der Waals surface area contributed by atoms with Gasteiger partial charge in [0.15, 0.2) is 0 Å². The Kier molecular flexibility index (Phi) is 6.12. The second-order valence-electron chi connectivity index (χ2n) is 6.58. The Balaban J connectivity index is 1.71. The Morgan fingerprint density at radius 3 is 2.33 bits per heavy atom. The third-order valence-electron chi connectivity index (χ3n) is 4.57. The van der Waals surface area contributed by atoms with E-state index in [1.165, 1.54) is 0 Å². The molecular formula is C24H20ClN3OS. The SMILES string of the molecule is COc1ccc(-c2csc(N(/N=C(/C)c3ccc(Cl)cc3)c3ccccc3)n2)cc1. The Morgan fingerprint density at radius 2 is 1.67 bits per heavy atom. The zero-order valence-electron chi connectivity index (χ0n) is 16.6. The van der Waals surface area contributed by atoms with Crippen LogP contribution in [0.4, 0.5) is 10.8 Å². The van der Waals surface area contributed by atoms with Crippen molar-refractivity contribution in [2.45, 2.75) is 6.92 Å². The molecule has 0 radical (unpaired) electrons. The van der Waals surface area contributed by atoms with E-state index in [0.717, 1.165) is 39.1 Å². The van der Waals surface area contributed by atoms with Crippen molar-refractivity contribution in [3.05, 3.63) is 94.8 Å². The molecule has 0 aliphatic carbocycles. The van der Waals surface area contributed by atoms with Crippen LogP contribution in [0, 0.1) is 0 Å². The van der Waals surface area contributed by atoms with E-state index in [4.69, 9.17) is 26.4 Å². The molecule has 0 amide bonds. The van der Waals surface area contributed by atoms with Gasteiger partial charge in [-0.2, -0.15) is 5.10 Å². The topological polar surface area (TPSA) is 37.7 Å². The predicted octanol–water partition coefficient (Wildman–Crippen LogP) is 7.03. The number of nitrogens with zero attached hydrogens (tertiary/aromatic N) is 3. The first-order chi connectivity index (χ1) is 14.6. The number of rotatable bonds is 6. The van der Waals surface area contributed by atoms with E-state index < -0.39 is 0 Å². The zero-order valence-corrected chi connectivity index (χ0v) is 18.2. The molecule has 0 saturated heterocycles. The average Bonchev–Trinajstić information content (AvgIpc) is 3.28. The van der Waals surface area contributed by atoms with Crippen LogP contribution in [0.3, 0.4) is 0 Å². The van der Waals surface area contributed by atoms with Crippen LogP contribution < -0.4 is 9.75 Å². The standard InChI is InChI=1S/C24H20ClN3OS/c1-17(18-8-12-20(25)13-9-18)27-28(21-6-4-3-5-7-21)24-26-23(16-30-24)19-10-14-22(29-2)15-11-19/h3-16H,1-2H3/b27-17-. The maximum atomic E-state index is 6.03. The fourth-order valence-electron chi connectivity index (χ4n) is 2.93. The minimum absolute atomic E-state index is 0.704. The van der Waals surface area contributed by atoms with E-state index in [9.17, 15) is 0 Å². The number of hydrogen-bond acceptors (Lipinski definition) is 5. The Labute approximate surface area is 185 Å². The molecule has 0 fully saturated rings. The highest BCUT2D eigenvalue weighted by atomic mass is 35.5. The van der Waals surface area contributed by atoms with Crippen LogP contribution in [0.15, 0.2) is 89.3 Å². The van der Waals surface area contributed by atoms with Gasteiger partial charge < -0.3 is 4.74 Å². The van der Waals surface area contributed by atoms with Crippen molar-refractivity contribution in [2.75, 3.05) is 12.1 Å². The van der Waals surface area contributed by atoms with Crippen molar-refractivity contribution in [3.63, 3.8) is 0 Å². The molecule has 0 atom stereocenters. The molecule has 1 aromatic heterocycles. The largest absolute Gasteiger partial charge is 0.497 e. The van der Waals surface area contributed by atoms with Gasteiger partial charge in [0.2, 0.25) is 5.13 Å². The summed E-state index contributed by atoms with van der Waals surface area (Å²) in [6.07, 6.45) is 0. The second kappa shape index (κ2) is 9.11. The highest BCUT2D eigenvalue weighted by Crippen LogP contribution is 2.33. The quantitative estimate of drug-likeness (QED) is 0.242. The highest BCUT2D eigenvalue weighted by Gasteiger charge is 2.15. The number of halogens is 1. The van der Waals surface area contributed by atoms with Crippen LogP contribution >= 0.6 is 22.9 Å². The number of hydrogen-bond donors (Lipinski definition) is 0. The number of thiazole rings is 1. The summed E-state index contributed by atoms with van der Waals surface area (Å²) in [6, 6.07) is 25.6. The minimum Gasteiger partial charge on any atom is -0.497 e. The van der Waals surface area contributed by atoms with E-state index in [0.29, 0.717) is 5.02 Å². The normalized spacial score (nSPS) is 11.4. The van der Waals surface area contributed by atoms with Gasteiger partial charge in [0.05, 0.1) is 24.2 Å². The van der Waals surface area contributed by atoms with E-state index in [2.05, 4.69) is 0 Å². The number of hydrazone groups is 1. The highest BCUT2D eigenvalue weighted by molar-refractivity contribution is 7.14. The lowest BCUT2D eigenvalue weighted by Crippen LogP contribution is -2.12. The fraction of sp³-hybridized carbons (Fsp3) is 0.0833. The Bertz CT molecular complexity index is 1140. The fourth-order valence-corrected chi connectivity index (χ4v) is 3.86. The van der Waals surface area contributed by atoms with Gasteiger partial charge in [-0.15, -0.1) is 11.3 Å². The molecule has 0 saturated carbocycles.